The first-order valence-corrected chi connectivity index (χ1v) is 8.47. The van der Waals surface area contributed by atoms with Crippen molar-refractivity contribution in [1.82, 2.24) is 9.97 Å². The number of aromatic amines is 1. The Hall–Kier alpha value is -1.85. The molecule has 0 amide bonds. The quantitative estimate of drug-likeness (QED) is 0.737. The van der Waals surface area contributed by atoms with E-state index in [-0.39, 0.29) is 5.56 Å². The van der Waals surface area contributed by atoms with E-state index in [2.05, 4.69) is 15.3 Å². The highest BCUT2D eigenvalue weighted by molar-refractivity contribution is 7.18. The predicted molar refractivity (Wildman–Crippen MR) is 91.6 cm³/mol. The minimum atomic E-state index is -0.0548. The lowest BCUT2D eigenvalue weighted by Crippen LogP contribution is -2.12. The molecule has 1 aliphatic carbocycles. The molecule has 3 aromatic rings. The third-order valence-corrected chi connectivity index (χ3v) is 5.37. The molecule has 4 nitrogen and oxygen atoms in total. The molecule has 6 heteroatoms. The van der Waals surface area contributed by atoms with Gasteiger partial charge in [0.15, 0.2) is 0 Å². The molecule has 0 aliphatic heterocycles. The number of nitrogens with one attached hydrogen (secondary N) is 2. The van der Waals surface area contributed by atoms with E-state index < -0.39 is 0 Å². The highest BCUT2D eigenvalue weighted by atomic mass is 35.5. The summed E-state index contributed by atoms with van der Waals surface area (Å²) < 4.78 is 0. The number of benzene rings is 1. The molecule has 2 heterocycles. The third kappa shape index (κ3) is 2.40. The molecule has 4 rings (SSSR count). The maximum absolute atomic E-state index is 12.4. The molecule has 0 unspecified atom stereocenters. The van der Waals surface area contributed by atoms with Gasteiger partial charge in [-0.15, -0.1) is 11.3 Å². The Morgan fingerprint density at radius 1 is 1.18 bits per heavy atom. The lowest BCUT2D eigenvalue weighted by molar-refractivity contribution is 0.700. The Bertz CT molecular complexity index is 898. The maximum Gasteiger partial charge on any atom is 0.261 e. The fraction of sp³-hybridized carbons (Fsp3) is 0.250. The van der Waals surface area contributed by atoms with Gasteiger partial charge in [-0.1, -0.05) is 11.6 Å². The number of aryl methyl sites for hydroxylation is 2. The first-order valence-electron chi connectivity index (χ1n) is 7.28. The van der Waals surface area contributed by atoms with Crippen LogP contribution in [-0.2, 0) is 12.8 Å². The molecule has 0 saturated heterocycles. The van der Waals surface area contributed by atoms with Crippen molar-refractivity contribution < 1.29 is 0 Å². The molecular formula is C16H14ClN3OS. The second-order valence-electron chi connectivity index (χ2n) is 5.44. The molecule has 2 aromatic heterocycles. The molecule has 0 atom stereocenters. The van der Waals surface area contributed by atoms with Crippen molar-refractivity contribution in [2.45, 2.75) is 25.7 Å². The third-order valence-electron chi connectivity index (χ3n) is 3.93. The molecule has 0 fully saturated rings. The van der Waals surface area contributed by atoms with Gasteiger partial charge in [0.2, 0.25) is 5.95 Å². The largest absolute Gasteiger partial charge is 0.326 e. The van der Waals surface area contributed by atoms with E-state index in [1.165, 1.54) is 16.9 Å². The van der Waals surface area contributed by atoms with Gasteiger partial charge in [-0.3, -0.25) is 9.78 Å². The topological polar surface area (TPSA) is 57.8 Å². The summed E-state index contributed by atoms with van der Waals surface area (Å²) in [5, 5.41) is 4.58. The Morgan fingerprint density at radius 3 is 2.77 bits per heavy atom. The van der Waals surface area contributed by atoms with Crippen LogP contribution in [-0.4, -0.2) is 9.97 Å². The number of H-pyrrole nitrogens is 1. The average molecular weight is 332 g/mol. The molecule has 112 valence electrons. The SMILES string of the molecule is O=c1[nH]c(Nc2ccc(Cl)cc2)nc2sc3c(c12)CCCC3. The summed E-state index contributed by atoms with van der Waals surface area (Å²) in [4.78, 5) is 22.0. The summed E-state index contributed by atoms with van der Waals surface area (Å²) in [7, 11) is 0. The highest BCUT2D eigenvalue weighted by Gasteiger charge is 2.19. The van der Waals surface area contributed by atoms with Gasteiger partial charge in [0.25, 0.3) is 5.56 Å². The van der Waals surface area contributed by atoms with Crippen molar-refractivity contribution in [3.8, 4) is 0 Å². The minimum absolute atomic E-state index is 0.0548. The van der Waals surface area contributed by atoms with Crippen molar-refractivity contribution in [3.05, 3.63) is 50.1 Å². The zero-order valence-electron chi connectivity index (χ0n) is 11.8. The van der Waals surface area contributed by atoms with E-state index in [0.29, 0.717) is 11.0 Å². The summed E-state index contributed by atoms with van der Waals surface area (Å²) >= 11 is 7.53. The van der Waals surface area contributed by atoms with Gasteiger partial charge in [0.1, 0.15) is 4.83 Å². The van der Waals surface area contributed by atoms with Gasteiger partial charge in [-0.05, 0) is 55.5 Å². The van der Waals surface area contributed by atoms with Gasteiger partial charge in [0, 0.05) is 15.6 Å². The van der Waals surface area contributed by atoms with Crippen molar-refractivity contribution in [1.29, 1.82) is 0 Å². The lowest BCUT2D eigenvalue weighted by atomic mass is 9.97. The van der Waals surface area contributed by atoms with E-state index >= 15 is 0 Å². The number of thiophene rings is 1. The number of hydrogen-bond donors (Lipinski definition) is 2. The summed E-state index contributed by atoms with van der Waals surface area (Å²) in [5.41, 5.74) is 1.99. The van der Waals surface area contributed by atoms with Crippen LogP contribution in [0.4, 0.5) is 11.6 Å². The van der Waals surface area contributed by atoms with Crippen LogP contribution in [0.1, 0.15) is 23.3 Å². The zero-order valence-corrected chi connectivity index (χ0v) is 13.4. The van der Waals surface area contributed by atoms with Gasteiger partial charge in [-0.25, -0.2) is 4.98 Å². The zero-order chi connectivity index (χ0) is 15.1. The number of aromatic nitrogens is 2. The summed E-state index contributed by atoms with van der Waals surface area (Å²) in [6.45, 7) is 0. The van der Waals surface area contributed by atoms with Gasteiger partial charge < -0.3 is 5.32 Å². The van der Waals surface area contributed by atoms with Crippen molar-refractivity contribution in [2.75, 3.05) is 5.32 Å². The van der Waals surface area contributed by atoms with Crippen LogP contribution in [0.15, 0.2) is 29.1 Å². The number of rotatable bonds is 2. The molecular weight excluding hydrogens is 318 g/mol. The Labute approximate surface area is 136 Å². The number of halogens is 1. The predicted octanol–water partition coefficient (Wildman–Crippen LogP) is 4.26. The Morgan fingerprint density at radius 2 is 1.95 bits per heavy atom. The van der Waals surface area contributed by atoms with Crippen molar-refractivity contribution in [3.63, 3.8) is 0 Å². The number of fused-ring (bicyclic) bond motifs is 3. The Kier molecular flexibility index (Phi) is 3.39. The van der Waals surface area contributed by atoms with Crippen LogP contribution < -0.4 is 10.9 Å². The molecule has 0 spiro atoms. The second-order valence-corrected chi connectivity index (χ2v) is 6.96. The van der Waals surface area contributed by atoms with Crippen molar-refractivity contribution >= 4 is 44.8 Å². The molecule has 0 bridgehead atoms. The Balaban J connectivity index is 1.77. The van der Waals surface area contributed by atoms with Crippen LogP contribution in [0.25, 0.3) is 10.2 Å². The molecule has 22 heavy (non-hydrogen) atoms. The fourth-order valence-corrected chi connectivity index (χ4v) is 4.28. The molecule has 2 N–H and O–H groups in total. The molecule has 0 radical (unpaired) electrons. The maximum atomic E-state index is 12.4. The first-order chi connectivity index (χ1) is 10.7. The average Bonchev–Trinajstić information content (AvgIpc) is 2.88. The van der Waals surface area contributed by atoms with E-state index in [9.17, 15) is 4.79 Å². The van der Waals surface area contributed by atoms with Gasteiger partial charge in [0.05, 0.1) is 5.39 Å². The highest BCUT2D eigenvalue weighted by Crippen LogP contribution is 2.34. The number of nitrogens with zero attached hydrogens (tertiary/aromatic N) is 1. The lowest BCUT2D eigenvalue weighted by Gasteiger charge is -2.09. The van der Waals surface area contributed by atoms with Crippen molar-refractivity contribution in [2.24, 2.45) is 0 Å². The van der Waals surface area contributed by atoms with Crippen LogP contribution >= 0.6 is 22.9 Å². The van der Waals surface area contributed by atoms with Gasteiger partial charge >= 0.3 is 0 Å². The smallest absolute Gasteiger partial charge is 0.261 e. The van der Waals surface area contributed by atoms with Crippen LogP contribution in [0.2, 0.25) is 5.02 Å². The van der Waals surface area contributed by atoms with E-state index in [0.717, 1.165) is 35.2 Å². The fourth-order valence-electron chi connectivity index (χ4n) is 2.89. The van der Waals surface area contributed by atoms with Crippen LogP contribution in [0, 0.1) is 0 Å². The normalized spacial score (nSPS) is 14.0. The standard InChI is InChI=1S/C16H14ClN3OS/c17-9-5-7-10(8-6-9)18-16-19-14(21)13-11-3-1-2-4-12(11)22-15(13)20-16/h5-8H,1-4H2,(H2,18,19,20,21). The van der Waals surface area contributed by atoms with E-state index in [1.54, 1.807) is 23.5 Å². The summed E-state index contributed by atoms with van der Waals surface area (Å²) in [6, 6.07) is 7.30. The van der Waals surface area contributed by atoms with Crippen LogP contribution in [0.5, 0.6) is 0 Å². The van der Waals surface area contributed by atoms with Crippen LogP contribution in [0.3, 0.4) is 0 Å². The molecule has 1 aliphatic rings. The minimum Gasteiger partial charge on any atom is -0.326 e. The van der Waals surface area contributed by atoms with E-state index in [4.69, 9.17) is 11.6 Å². The van der Waals surface area contributed by atoms with E-state index in [1.807, 2.05) is 12.1 Å². The second kappa shape index (κ2) is 5.41. The number of anilines is 2. The summed E-state index contributed by atoms with van der Waals surface area (Å²) in [6.07, 6.45) is 4.41. The number of hydrogen-bond acceptors (Lipinski definition) is 4. The molecule has 0 saturated carbocycles. The summed E-state index contributed by atoms with van der Waals surface area (Å²) in [5.74, 6) is 0.471. The molecule has 1 aromatic carbocycles. The first kappa shape index (κ1) is 13.8. The monoisotopic (exact) mass is 331 g/mol. The van der Waals surface area contributed by atoms with Gasteiger partial charge in [-0.2, -0.15) is 0 Å².